The van der Waals surface area contributed by atoms with E-state index in [0.717, 1.165) is 55.4 Å². The van der Waals surface area contributed by atoms with Crippen molar-refractivity contribution in [2.24, 2.45) is 0 Å². The number of aliphatic hydroxyl groups excluding tert-OH is 1. The highest BCUT2D eigenvalue weighted by atomic mass is 32.2. The third kappa shape index (κ3) is 9.02. The van der Waals surface area contributed by atoms with Crippen LogP contribution >= 0.6 is 23.1 Å². The Balaban J connectivity index is 1.48. The third-order valence-electron chi connectivity index (χ3n) is 8.23. The Bertz CT molecular complexity index is 1780. The van der Waals surface area contributed by atoms with E-state index in [1.807, 2.05) is 0 Å². The molecule has 1 amide bonds. The summed E-state index contributed by atoms with van der Waals surface area (Å²) < 4.78 is 31.5. The maximum atomic E-state index is 13.8. The Hall–Kier alpha value is -4.42. The first kappa shape index (κ1) is 36.9. The number of anilines is 1. The quantitative estimate of drug-likeness (QED) is 0.0269. The number of halogens is 1. The maximum absolute atomic E-state index is 13.8. The summed E-state index contributed by atoms with van der Waals surface area (Å²) in [6, 6.07) is 17.2. The number of ether oxygens (including phenoxy) is 3. The first-order valence-corrected chi connectivity index (χ1v) is 18.7. The number of benzene rings is 3. The minimum atomic E-state index is -1.03. The molecule has 0 unspecified atom stereocenters. The van der Waals surface area contributed by atoms with Crippen molar-refractivity contribution in [2.45, 2.75) is 74.9 Å². The van der Waals surface area contributed by atoms with Gasteiger partial charge in [-0.25, -0.2) is 4.39 Å². The van der Waals surface area contributed by atoms with Gasteiger partial charge >= 0.3 is 5.91 Å². The molecule has 5 rings (SSSR count). The zero-order valence-corrected chi connectivity index (χ0v) is 30.2. The van der Waals surface area contributed by atoms with Crippen LogP contribution in [-0.2, 0) is 15.3 Å². The van der Waals surface area contributed by atoms with E-state index in [4.69, 9.17) is 14.2 Å². The third-order valence-corrected chi connectivity index (χ3v) is 10.4. The molecule has 1 saturated heterocycles. The van der Waals surface area contributed by atoms with Gasteiger partial charge in [0.15, 0.2) is 15.8 Å². The molecular weight excluding hydrogens is 678 g/mol. The lowest BCUT2D eigenvalue weighted by atomic mass is 9.95. The zero-order valence-electron chi connectivity index (χ0n) is 28.5. The van der Waals surface area contributed by atoms with Gasteiger partial charge in [-0.15, -0.1) is 10.2 Å². The number of ketones is 1. The Kier molecular flexibility index (Phi) is 13.3. The molecule has 0 radical (unpaired) electrons. The van der Waals surface area contributed by atoms with Gasteiger partial charge in [-0.1, -0.05) is 87.2 Å². The highest BCUT2D eigenvalue weighted by molar-refractivity contribution is 8.00. The lowest BCUT2D eigenvalue weighted by molar-refractivity contribution is -0.132. The minimum absolute atomic E-state index is 0.0861. The highest BCUT2D eigenvalue weighted by Gasteiger charge is 2.48. The van der Waals surface area contributed by atoms with Gasteiger partial charge in [0.2, 0.25) is 5.13 Å². The van der Waals surface area contributed by atoms with Crippen molar-refractivity contribution >= 4 is 45.7 Å². The number of thioether (sulfide) groups is 1. The fourth-order valence-corrected chi connectivity index (χ4v) is 7.31. The van der Waals surface area contributed by atoms with Gasteiger partial charge in [0.05, 0.1) is 31.9 Å². The number of aromatic nitrogens is 2. The van der Waals surface area contributed by atoms with Gasteiger partial charge in [0.1, 0.15) is 17.3 Å². The molecular formula is C38H42FN3O6S2. The van der Waals surface area contributed by atoms with Crippen LogP contribution in [0.1, 0.15) is 81.5 Å². The summed E-state index contributed by atoms with van der Waals surface area (Å²) in [5.74, 6) is -0.212. The molecule has 0 aliphatic carbocycles. The number of hydrogen-bond donors (Lipinski definition) is 1. The number of methoxy groups -OCH3 is 1. The largest absolute Gasteiger partial charge is 0.507 e. The van der Waals surface area contributed by atoms with E-state index in [-0.39, 0.29) is 22.3 Å². The molecule has 1 fully saturated rings. The molecule has 1 N–H and O–H groups in total. The van der Waals surface area contributed by atoms with Crippen molar-refractivity contribution in [2.75, 3.05) is 25.2 Å². The van der Waals surface area contributed by atoms with E-state index >= 15 is 0 Å². The van der Waals surface area contributed by atoms with E-state index in [1.165, 1.54) is 42.3 Å². The van der Waals surface area contributed by atoms with Crippen LogP contribution in [0.15, 0.2) is 76.6 Å². The second-order valence-corrected chi connectivity index (χ2v) is 14.0. The Labute approximate surface area is 300 Å². The van der Waals surface area contributed by atoms with E-state index in [0.29, 0.717) is 51.7 Å². The van der Waals surface area contributed by atoms with Crippen LogP contribution in [0.5, 0.6) is 17.2 Å². The molecule has 264 valence electrons. The normalized spacial score (nSPS) is 15.4. The minimum Gasteiger partial charge on any atom is -0.507 e. The van der Waals surface area contributed by atoms with Gasteiger partial charge in [-0.2, -0.15) is 0 Å². The van der Waals surface area contributed by atoms with Crippen molar-refractivity contribution in [3.8, 4) is 17.2 Å². The number of unbranched alkanes of at least 4 members (excludes halogenated alkanes) is 5. The van der Waals surface area contributed by atoms with E-state index in [2.05, 4.69) is 24.0 Å². The van der Waals surface area contributed by atoms with Crippen LogP contribution in [0, 0.1) is 5.82 Å². The Morgan fingerprint density at radius 1 is 0.880 bits per heavy atom. The smallest absolute Gasteiger partial charge is 0.301 e. The average Bonchev–Trinajstić information content (AvgIpc) is 3.71. The standard InChI is InChI=1S/C38H42FN3O6S2/c1-4-6-8-9-10-22-48-30-20-15-27(23-31(30)46-3)33-32(34(43)26-13-18-29(19-14-26)47-21-7-5-2)35(44)36(45)42(33)37-40-41-38(50-37)49-24-25-11-16-28(39)17-12-25/h11-20,23,33,43H,4-10,21-22,24H2,1-3H3/t33-/m0/s1. The monoisotopic (exact) mass is 719 g/mol. The number of rotatable bonds is 18. The molecule has 1 atom stereocenters. The summed E-state index contributed by atoms with van der Waals surface area (Å²) in [6.45, 7) is 5.35. The fraction of sp³-hybridized carbons (Fsp3) is 0.368. The van der Waals surface area contributed by atoms with Crippen LogP contribution in [-0.4, -0.2) is 47.3 Å². The Morgan fingerprint density at radius 2 is 1.60 bits per heavy atom. The van der Waals surface area contributed by atoms with Crippen LogP contribution in [0.4, 0.5) is 9.52 Å². The van der Waals surface area contributed by atoms with E-state index in [9.17, 15) is 19.1 Å². The molecule has 2 heterocycles. The molecule has 1 aliphatic heterocycles. The molecule has 3 aromatic carbocycles. The average molecular weight is 720 g/mol. The van der Waals surface area contributed by atoms with Crippen LogP contribution in [0.2, 0.25) is 0 Å². The predicted molar refractivity (Wildman–Crippen MR) is 195 cm³/mol. The number of aliphatic hydroxyl groups is 1. The zero-order chi connectivity index (χ0) is 35.5. The van der Waals surface area contributed by atoms with Crippen molar-refractivity contribution in [3.63, 3.8) is 0 Å². The molecule has 12 heteroatoms. The molecule has 0 spiro atoms. The van der Waals surface area contributed by atoms with Crippen LogP contribution < -0.4 is 19.1 Å². The summed E-state index contributed by atoms with van der Waals surface area (Å²) in [6.07, 6.45) is 7.40. The summed E-state index contributed by atoms with van der Waals surface area (Å²) in [7, 11) is 1.53. The van der Waals surface area contributed by atoms with Crippen molar-refractivity contribution in [3.05, 3.63) is 94.8 Å². The van der Waals surface area contributed by atoms with Gasteiger partial charge < -0.3 is 19.3 Å². The molecule has 1 aromatic heterocycles. The SMILES string of the molecule is CCCCCCCOc1ccc([C@H]2C(=C(O)c3ccc(OCCCC)cc3)C(=O)C(=O)N2c2nnc(SCc3ccc(F)cc3)s2)cc1OC. The van der Waals surface area contributed by atoms with Crippen LogP contribution in [0.3, 0.4) is 0 Å². The fourth-order valence-electron chi connectivity index (χ4n) is 5.49. The number of carbonyl (C=O) groups is 2. The molecule has 0 saturated carbocycles. The van der Waals surface area contributed by atoms with Gasteiger partial charge in [-0.05, 0) is 72.5 Å². The predicted octanol–water partition coefficient (Wildman–Crippen LogP) is 9.13. The number of carbonyl (C=O) groups excluding carboxylic acids is 2. The van der Waals surface area contributed by atoms with Gasteiger partial charge in [0.25, 0.3) is 5.78 Å². The lowest BCUT2D eigenvalue weighted by Crippen LogP contribution is -2.29. The molecule has 50 heavy (non-hydrogen) atoms. The van der Waals surface area contributed by atoms with E-state index in [1.54, 1.807) is 54.6 Å². The van der Waals surface area contributed by atoms with Crippen LogP contribution in [0.25, 0.3) is 5.76 Å². The summed E-state index contributed by atoms with van der Waals surface area (Å²) >= 11 is 2.53. The maximum Gasteiger partial charge on any atom is 0.301 e. The first-order valence-electron chi connectivity index (χ1n) is 16.9. The van der Waals surface area contributed by atoms with Crippen molar-refractivity contribution < 1.29 is 33.3 Å². The van der Waals surface area contributed by atoms with Gasteiger partial charge in [-0.3, -0.25) is 14.5 Å². The topological polar surface area (TPSA) is 111 Å². The summed E-state index contributed by atoms with van der Waals surface area (Å²) in [5, 5.41) is 20.4. The molecule has 4 aromatic rings. The number of hydrogen-bond acceptors (Lipinski definition) is 10. The van der Waals surface area contributed by atoms with Gasteiger partial charge in [0, 0.05) is 11.3 Å². The van der Waals surface area contributed by atoms with E-state index < -0.39 is 17.7 Å². The number of nitrogens with zero attached hydrogens (tertiary/aromatic N) is 3. The van der Waals surface area contributed by atoms with Crippen molar-refractivity contribution in [1.29, 1.82) is 0 Å². The Morgan fingerprint density at radius 3 is 2.32 bits per heavy atom. The second kappa shape index (κ2) is 18.0. The highest BCUT2D eigenvalue weighted by Crippen LogP contribution is 2.45. The van der Waals surface area contributed by atoms with Crippen molar-refractivity contribution in [1.82, 2.24) is 10.2 Å². The number of amides is 1. The molecule has 1 aliphatic rings. The summed E-state index contributed by atoms with van der Waals surface area (Å²) in [4.78, 5) is 28.8. The molecule has 9 nitrogen and oxygen atoms in total. The number of Topliss-reactive ketones (excluding diaryl/α,β-unsaturated/α-hetero) is 1. The lowest BCUT2D eigenvalue weighted by Gasteiger charge is -2.23. The first-order chi connectivity index (χ1) is 24.3. The molecule has 0 bridgehead atoms. The summed E-state index contributed by atoms with van der Waals surface area (Å²) in [5.41, 5.74) is 1.69. The second-order valence-electron chi connectivity index (χ2n) is 11.8.